The Balaban J connectivity index is 1.56. The second-order valence-corrected chi connectivity index (χ2v) is 6.80. The van der Waals surface area contributed by atoms with Crippen LogP contribution in [0.2, 0.25) is 0 Å². The van der Waals surface area contributed by atoms with Crippen LogP contribution < -0.4 is 4.74 Å². The van der Waals surface area contributed by atoms with Crippen LogP contribution in [-0.2, 0) is 0 Å². The summed E-state index contributed by atoms with van der Waals surface area (Å²) in [5, 5.41) is 3.96. The monoisotopic (exact) mass is 346 g/mol. The minimum atomic E-state index is -0.283. The molecular formula is C19H23FN2O3. The summed E-state index contributed by atoms with van der Waals surface area (Å²) in [6.07, 6.45) is 1.92. The van der Waals surface area contributed by atoms with Gasteiger partial charge in [0, 0.05) is 25.1 Å². The van der Waals surface area contributed by atoms with Gasteiger partial charge in [0.25, 0.3) is 5.91 Å². The molecule has 1 aliphatic rings. The van der Waals surface area contributed by atoms with Crippen molar-refractivity contribution in [2.75, 3.05) is 19.7 Å². The highest BCUT2D eigenvalue weighted by Crippen LogP contribution is 2.22. The molecule has 1 saturated heterocycles. The first-order valence-electron chi connectivity index (χ1n) is 8.67. The third-order valence-corrected chi connectivity index (χ3v) is 4.44. The lowest BCUT2D eigenvalue weighted by Crippen LogP contribution is -2.41. The average Bonchev–Trinajstić information content (AvgIpc) is 3.11. The molecule has 2 heterocycles. The maximum atomic E-state index is 12.9. The van der Waals surface area contributed by atoms with Crippen LogP contribution in [0.1, 0.15) is 48.9 Å². The topological polar surface area (TPSA) is 55.6 Å². The van der Waals surface area contributed by atoms with Crippen molar-refractivity contribution >= 4 is 5.91 Å². The van der Waals surface area contributed by atoms with Crippen LogP contribution in [0, 0.1) is 11.7 Å². The minimum Gasteiger partial charge on any atom is -0.493 e. The lowest BCUT2D eigenvalue weighted by Gasteiger charge is -2.32. The Labute approximate surface area is 146 Å². The maximum absolute atomic E-state index is 12.9. The zero-order chi connectivity index (χ0) is 17.8. The minimum absolute atomic E-state index is 0.120. The molecule has 1 fully saturated rings. The summed E-state index contributed by atoms with van der Waals surface area (Å²) in [7, 11) is 0. The molecule has 0 N–H and O–H groups in total. The van der Waals surface area contributed by atoms with E-state index in [1.807, 2.05) is 13.8 Å². The molecule has 0 aliphatic carbocycles. The molecule has 5 nitrogen and oxygen atoms in total. The van der Waals surface area contributed by atoms with Gasteiger partial charge in [0.05, 0.1) is 12.3 Å². The Hall–Kier alpha value is -2.37. The lowest BCUT2D eigenvalue weighted by atomic mass is 9.98. The van der Waals surface area contributed by atoms with Crippen LogP contribution in [0.25, 0.3) is 0 Å². The number of rotatable bonds is 5. The summed E-state index contributed by atoms with van der Waals surface area (Å²) < 4.78 is 23.9. The molecule has 134 valence electrons. The number of amides is 1. The predicted molar refractivity (Wildman–Crippen MR) is 91.1 cm³/mol. The first-order chi connectivity index (χ1) is 12.0. The number of likely N-dealkylation sites (tertiary alicyclic amines) is 1. The molecule has 1 unspecified atom stereocenters. The summed E-state index contributed by atoms with van der Waals surface area (Å²) >= 11 is 0. The number of hydrogen-bond donors (Lipinski definition) is 0. The van der Waals surface area contributed by atoms with E-state index in [1.165, 1.54) is 12.1 Å². The highest BCUT2D eigenvalue weighted by atomic mass is 19.1. The summed E-state index contributed by atoms with van der Waals surface area (Å²) in [5.41, 5.74) is 0.788. The molecular weight excluding hydrogens is 323 g/mol. The number of aromatic nitrogens is 1. The van der Waals surface area contributed by atoms with Gasteiger partial charge in [0.2, 0.25) is 5.76 Å². The molecule has 1 aromatic heterocycles. The first-order valence-corrected chi connectivity index (χ1v) is 8.67. The molecule has 2 aromatic rings. The normalized spacial score (nSPS) is 17.8. The van der Waals surface area contributed by atoms with Gasteiger partial charge in [-0.3, -0.25) is 4.79 Å². The molecule has 0 bridgehead atoms. The van der Waals surface area contributed by atoms with Crippen molar-refractivity contribution in [1.29, 1.82) is 0 Å². The van der Waals surface area contributed by atoms with E-state index in [-0.39, 0.29) is 23.6 Å². The maximum Gasteiger partial charge on any atom is 0.292 e. The van der Waals surface area contributed by atoms with Crippen molar-refractivity contribution in [1.82, 2.24) is 10.1 Å². The molecule has 0 radical (unpaired) electrons. The van der Waals surface area contributed by atoms with Crippen LogP contribution in [0.5, 0.6) is 5.75 Å². The van der Waals surface area contributed by atoms with E-state index in [2.05, 4.69) is 5.16 Å². The van der Waals surface area contributed by atoms with E-state index in [1.54, 1.807) is 23.1 Å². The number of benzene rings is 1. The zero-order valence-electron chi connectivity index (χ0n) is 14.6. The van der Waals surface area contributed by atoms with E-state index in [4.69, 9.17) is 9.26 Å². The van der Waals surface area contributed by atoms with Gasteiger partial charge in [-0.05, 0) is 43.0 Å². The highest BCUT2D eigenvalue weighted by Gasteiger charge is 2.27. The number of carbonyl (C=O) groups is 1. The summed E-state index contributed by atoms with van der Waals surface area (Å²) in [6.45, 7) is 5.86. The molecule has 1 amide bonds. The van der Waals surface area contributed by atoms with E-state index in [0.717, 1.165) is 18.5 Å². The van der Waals surface area contributed by atoms with Crippen LogP contribution >= 0.6 is 0 Å². The fourth-order valence-corrected chi connectivity index (χ4v) is 2.95. The largest absolute Gasteiger partial charge is 0.493 e. The van der Waals surface area contributed by atoms with Crippen LogP contribution in [0.4, 0.5) is 4.39 Å². The van der Waals surface area contributed by atoms with Gasteiger partial charge in [-0.15, -0.1) is 0 Å². The van der Waals surface area contributed by atoms with E-state index in [0.29, 0.717) is 31.2 Å². The van der Waals surface area contributed by atoms with Gasteiger partial charge in [-0.2, -0.15) is 0 Å². The Morgan fingerprint density at radius 1 is 1.40 bits per heavy atom. The predicted octanol–water partition coefficient (Wildman–Crippen LogP) is 3.87. The Bertz CT molecular complexity index is 712. The Kier molecular flexibility index (Phi) is 5.36. The highest BCUT2D eigenvalue weighted by molar-refractivity contribution is 5.91. The van der Waals surface area contributed by atoms with Crippen molar-refractivity contribution < 1.29 is 18.4 Å². The number of halogens is 1. The van der Waals surface area contributed by atoms with Crippen molar-refractivity contribution in [2.45, 2.75) is 32.6 Å². The van der Waals surface area contributed by atoms with Gasteiger partial charge in [-0.25, -0.2) is 4.39 Å². The fraction of sp³-hybridized carbons (Fsp3) is 0.474. The molecule has 1 aliphatic heterocycles. The molecule has 0 saturated carbocycles. The second-order valence-electron chi connectivity index (χ2n) is 6.80. The van der Waals surface area contributed by atoms with Gasteiger partial charge in [0.15, 0.2) is 0 Å². The van der Waals surface area contributed by atoms with E-state index in [9.17, 15) is 9.18 Å². The zero-order valence-corrected chi connectivity index (χ0v) is 14.6. The van der Waals surface area contributed by atoms with Gasteiger partial charge >= 0.3 is 0 Å². The van der Waals surface area contributed by atoms with Crippen molar-refractivity contribution in [2.24, 2.45) is 5.92 Å². The van der Waals surface area contributed by atoms with Crippen molar-refractivity contribution in [3.05, 3.63) is 47.6 Å². The molecule has 0 spiro atoms. The summed E-state index contributed by atoms with van der Waals surface area (Å²) in [5.74, 6) is 1.00. The van der Waals surface area contributed by atoms with Crippen LogP contribution in [-0.4, -0.2) is 35.7 Å². The lowest BCUT2D eigenvalue weighted by molar-refractivity contribution is 0.0593. The van der Waals surface area contributed by atoms with Crippen molar-refractivity contribution in [3.8, 4) is 5.75 Å². The number of hydrogen-bond acceptors (Lipinski definition) is 4. The number of piperidine rings is 1. The molecule has 6 heteroatoms. The first kappa shape index (κ1) is 17.5. The quantitative estimate of drug-likeness (QED) is 0.825. The fourth-order valence-electron chi connectivity index (χ4n) is 2.95. The third kappa shape index (κ3) is 4.38. The average molecular weight is 346 g/mol. The summed E-state index contributed by atoms with van der Waals surface area (Å²) in [6, 6.07) is 7.71. The SMILES string of the molecule is CC(C)c1cc(C(=O)N2CCCC(COc3ccc(F)cc3)C2)on1. The van der Waals surface area contributed by atoms with Crippen LogP contribution in [0.15, 0.2) is 34.9 Å². The number of ether oxygens (including phenoxy) is 1. The van der Waals surface area contributed by atoms with Gasteiger partial charge in [0.1, 0.15) is 11.6 Å². The van der Waals surface area contributed by atoms with Crippen molar-refractivity contribution in [3.63, 3.8) is 0 Å². The Morgan fingerprint density at radius 2 is 2.16 bits per heavy atom. The standard InChI is InChI=1S/C19H23FN2O3/c1-13(2)17-10-18(25-21-17)19(23)22-9-3-4-14(11-22)12-24-16-7-5-15(20)6-8-16/h5-8,10,13-14H,3-4,9,11-12H2,1-2H3. The van der Waals surface area contributed by atoms with Gasteiger partial charge < -0.3 is 14.2 Å². The second kappa shape index (κ2) is 7.68. The summed E-state index contributed by atoms with van der Waals surface area (Å²) in [4.78, 5) is 14.4. The Morgan fingerprint density at radius 3 is 2.84 bits per heavy atom. The molecule has 1 atom stereocenters. The molecule has 25 heavy (non-hydrogen) atoms. The number of carbonyl (C=O) groups excluding carboxylic acids is 1. The van der Waals surface area contributed by atoms with Crippen LogP contribution in [0.3, 0.4) is 0 Å². The van der Waals surface area contributed by atoms with E-state index < -0.39 is 0 Å². The molecule has 3 rings (SSSR count). The smallest absolute Gasteiger partial charge is 0.292 e. The third-order valence-electron chi connectivity index (χ3n) is 4.44. The molecule has 1 aromatic carbocycles. The van der Waals surface area contributed by atoms with E-state index >= 15 is 0 Å². The number of nitrogens with zero attached hydrogens (tertiary/aromatic N) is 2. The van der Waals surface area contributed by atoms with Gasteiger partial charge in [-0.1, -0.05) is 19.0 Å².